The van der Waals surface area contributed by atoms with E-state index >= 15 is 0 Å². The lowest BCUT2D eigenvalue weighted by atomic mass is 9.85. The van der Waals surface area contributed by atoms with Gasteiger partial charge in [-0.15, -0.1) is 0 Å². The summed E-state index contributed by atoms with van der Waals surface area (Å²) < 4.78 is 5.85. The van der Waals surface area contributed by atoms with Gasteiger partial charge in [0.25, 0.3) is 0 Å². The van der Waals surface area contributed by atoms with Crippen molar-refractivity contribution in [2.45, 2.75) is 130 Å². The molecule has 15 nitrogen and oxygen atoms in total. The molecular formula is C40H63N5O10. The summed E-state index contributed by atoms with van der Waals surface area (Å²) in [5.41, 5.74) is 1.16. The maximum absolute atomic E-state index is 13.9. The average molecular weight is 774 g/mol. The van der Waals surface area contributed by atoms with E-state index in [1.54, 1.807) is 34.8 Å². The number of hydrogen-bond donors (Lipinski definition) is 6. The summed E-state index contributed by atoms with van der Waals surface area (Å²) in [6, 6.07) is 3.85. The molecule has 5 amide bonds. The number of benzene rings is 1. The molecule has 10 atom stereocenters. The minimum atomic E-state index is -1.69. The van der Waals surface area contributed by atoms with E-state index in [-0.39, 0.29) is 37.2 Å². The minimum Gasteiger partial charge on any atom is -0.480 e. The van der Waals surface area contributed by atoms with Crippen LogP contribution in [0.25, 0.3) is 0 Å². The summed E-state index contributed by atoms with van der Waals surface area (Å²) >= 11 is 0. The summed E-state index contributed by atoms with van der Waals surface area (Å²) in [6.45, 7) is 12.1. The molecule has 1 aliphatic heterocycles. The number of carboxylic acids is 2. The fraction of sp³-hybridized carbons (Fsp3) is 0.675. The van der Waals surface area contributed by atoms with Gasteiger partial charge in [0.2, 0.25) is 29.5 Å². The lowest BCUT2D eigenvalue weighted by Crippen LogP contribution is -2.59. The Morgan fingerprint density at radius 3 is 2.02 bits per heavy atom. The van der Waals surface area contributed by atoms with Crippen LogP contribution in [0.1, 0.15) is 92.6 Å². The quantitative estimate of drug-likeness (QED) is 0.172. The summed E-state index contributed by atoms with van der Waals surface area (Å²) in [5, 5.41) is 30.5. The number of carbonyl (C=O) groups is 7. The van der Waals surface area contributed by atoms with E-state index in [9.17, 15) is 43.8 Å². The third-order valence-corrected chi connectivity index (χ3v) is 10.8. The zero-order valence-corrected chi connectivity index (χ0v) is 33.8. The lowest BCUT2D eigenvalue weighted by molar-refractivity contribution is -0.148. The van der Waals surface area contributed by atoms with Crippen molar-refractivity contribution in [1.29, 1.82) is 0 Å². The second kappa shape index (κ2) is 22.1. The highest BCUT2D eigenvalue weighted by Gasteiger charge is 2.38. The number of ether oxygens (including phenoxy) is 1. The van der Waals surface area contributed by atoms with Crippen LogP contribution in [0.4, 0.5) is 0 Å². The summed E-state index contributed by atoms with van der Waals surface area (Å²) in [6.07, 6.45) is 1.89. The first-order chi connectivity index (χ1) is 25.8. The number of amides is 5. The number of carboxylic acid groups (broad SMARTS) is 2. The van der Waals surface area contributed by atoms with Gasteiger partial charge in [0.15, 0.2) is 0 Å². The molecule has 0 radical (unpaired) electrons. The van der Waals surface area contributed by atoms with Gasteiger partial charge in [0, 0.05) is 26.6 Å². The highest BCUT2D eigenvalue weighted by molar-refractivity contribution is 5.95. The van der Waals surface area contributed by atoms with Gasteiger partial charge in [-0.05, 0) is 61.8 Å². The molecule has 1 heterocycles. The van der Waals surface area contributed by atoms with Crippen LogP contribution in [0.2, 0.25) is 0 Å². The normalized spacial score (nSPS) is 27.0. The number of rotatable bonds is 13. The fourth-order valence-corrected chi connectivity index (χ4v) is 7.07. The maximum Gasteiger partial charge on any atom is 0.327 e. The van der Waals surface area contributed by atoms with Crippen molar-refractivity contribution in [3.63, 3.8) is 0 Å². The van der Waals surface area contributed by atoms with Crippen molar-refractivity contribution >= 4 is 41.5 Å². The largest absolute Gasteiger partial charge is 0.480 e. The second-order valence-corrected chi connectivity index (χ2v) is 15.5. The van der Waals surface area contributed by atoms with E-state index in [2.05, 4.69) is 47.2 Å². The highest BCUT2D eigenvalue weighted by atomic mass is 16.5. The molecule has 0 saturated carbocycles. The number of carbonyl (C=O) groups excluding carboxylic acids is 5. The number of aliphatic carboxylic acids is 2. The van der Waals surface area contributed by atoms with Crippen LogP contribution in [-0.2, 0) is 44.7 Å². The lowest BCUT2D eigenvalue weighted by Gasteiger charge is -2.31. The van der Waals surface area contributed by atoms with Gasteiger partial charge in [-0.25, -0.2) is 9.59 Å². The zero-order chi connectivity index (χ0) is 41.6. The van der Waals surface area contributed by atoms with Crippen LogP contribution >= 0.6 is 0 Å². The van der Waals surface area contributed by atoms with Gasteiger partial charge in [-0.1, -0.05) is 78.8 Å². The number of methoxy groups -OCH3 is 1. The molecule has 0 unspecified atom stereocenters. The van der Waals surface area contributed by atoms with Crippen molar-refractivity contribution in [1.82, 2.24) is 26.2 Å². The Balaban J connectivity index is 2.44. The fourth-order valence-electron chi connectivity index (χ4n) is 7.07. The van der Waals surface area contributed by atoms with Gasteiger partial charge in [-0.3, -0.25) is 24.0 Å². The van der Waals surface area contributed by atoms with E-state index in [1.165, 1.54) is 14.0 Å². The molecule has 1 saturated heterocycles. The third-order valence-electron chi connectivity index (χ3n) is 10.8. The molecule has 1 aliphatic rings. The van der Waals surface area contributed by atoms with Crippen LogP contribution in [0.5, 0.6) is 0 Å². The molecule has 0 bridgehead atoms. The Bertz CT molecular complexity index is 1470. The predicted molar refractivity (Wildman–Crippen MR) is 205 cm³/mol. The first-order valence-corrected chi connectivity index (χ1v) is 19.3. The summed E-state index contributed by atoms with van der Waals surface area (Å²) in [7, 11) is 3.04. The molecule has 6 N–H and O–H groups in total. The Labute approximate surface area is 325 Å². The monoisotopic (exact) mass is 773 g/mol. The molecule has 55 heavy (non-hydrogen) atoms. The van der Waals surface area contributed by atoms with E-state index in [1.807, 2.05) is 18.2 Å². The average Bonchev–Trinajstić information content (AvgIpc) is 3.13. The molecule has 308 valence electrons. The predicted octanol–water partition coefficient (Wildman–Crippen LogP) is 2.75. The van der Waals surface area contributed by atoms with Gasteiger partial charge < -0.3 is 41.1 Å². The number of nitrogens with zero attached hydrogens (tertiary/aromatic N) is 1. The Morgan fingerprint density at radius 2 is 1.47 bits per heavy atom. The van der Waals surface area contributed by atoms with Gasteiger partial charge in [-0.2, -0.15) is 0 Å². The van der Waals surface area contributed by atoms with E-state index in [0.29, 0.717) is 12.8 Å². The van der Waals surface area contributed by atoms with Crippen LogP contribution in [-0.4, -0.2) is 107 Å². The molecular weight excluding hydrogens is 710 g/mol. The van der Waals surface area contributed by atoms with Crippen LogP contribution in [0, 0.1) is 29.6 Å². The van der Waals surface area contributed by atoms with Gasteiger partial charge in [0.05, 0.1) is 17.9 Å². The molecule has 2 rings (SSSR count). The van der Waals surface area contributed by atoms with E-state index in [4.69, 9.17) is 4.74 Å². The molecule has 15 heteroatoms. The third kappa shape index (κ3) is 13.9. The first-order valence-electron chi connectivity index (χ1n) is 19.3. The topological polar surface area (TPSA) is 221 Å². The van der Waals surface area contributed by atoms with Crippen molar-refractivity contribution in [3.8, 4) is 0 Å². The molecule has 1 fully saturated rings. The van der Waals surface area contributed by atoms with Crippen molar-refractivity contribution in [3.05, 3.63) is 35.9 Å². The molecule has 0 spiro atoms. The summed E-state index contributed by atoms with van der Waals surface area (Å²) in [5.74, 6) is -8.72. The highest BCUT2D eigenvalue weighted by Crippen LogP contribution is 2.25. The molecule has 0 aliphatic carbocycles. The van der Waals surface area contributed by atoms with Gasteiger partial charge >= 0.3 is 11.9 Å². The smallest absolute Gasteiger partial charge is 0.327 e. The maximum atomic E-state index is 13.9. The minimum absolute atomic E-state index is 0.0333. The van der Waals surface area contributed by atoms with Crippen LogP contribution in [0.3, 0.4) is 0 Å². The Hall–Kier alpha value is -4.53. The zero-order valence-electron chi connectivity index (χ0n) is 33.8. The van der Waals surface area contributed by atoms with Crippen LogP contribution < -0.4 is 21.3 Å². The number of hydrogen-bond acceptors (Lipinski definition) is 8. The molecule has 1 aromatic rings. The van der Waals surface area contributed by atoms with E-state index in [0.717, 1.165) is 23.3 Å². The first kappa shape index (κ1) is 46.6. The van der Waals surface area contributed by atoms with Crippen molar-refractivity contribution in [2.24, 2.45) is 29.6 Å². The van der Waals surface area contributed by atoms with E-state index < -0.39 is 89.4 Å². The number of likely N-dealkylation sites (N-methyl/N-ethyl adjacent to an activating group) is 1. The van der Waals surface area contributed by atoms with Gasteiger partial charge in [0.1, 0.15) is 24.2 Å². The SMILES string of the molecule is CC[C@H]1C(=O)N[C@@H](C(=O)O)[C@H](C)C(=O)N[C@@H](C(C)C)C(=O)N[C@@H](CC[C@@H](C)C[C@H](C)[C@H](Cc2ccccc2)OC)[C@H](C)C(=O)N[C@@H](C(=O)O)CCC(=O)N1C. The Morgan fingerprint density at radius 1 is 0.855 bits per heavy atom. The molecule has 1 aromatic carbocycles. The summed E-state index contributed by atoms with van der Waals surface area (Å²) in [4.78, 5) is 93.3. The van der Waals surface area contributed by atoms with Crippen molar-refractivity contribution in [2.75, 3.05) is 14.2 Å². The second-order valence-electron chi connectivity index (χ2n) is 15.5. The van der Waals surface area contributed by atoms with Crippen LogP contribution in [0.15, 0.2) is 30.3 Å². The molecule has 0 aromatic heterocycles. The van der Waals surface area contributed by atoms with Crippen molar-refractivity contribution < 1.29 is 48.5 Å². The number of nitrogens with one attached hydrogen (secondary N) is 4. The Kier molecular flexibility index (Phi) is 18.8. The standard InChI is InChI=1S/C40H63N5O10/c1-10-30-37(49)44-34(40(53)54)26(7)36(48)43-33(22(2)3)38(50)41-28(25(6)35(47)42-29(39(51)52)18-19-32(46)45(30)8)17-16-23(4)20-24(5)31(55-9)21-27-14-12-11-13-15-27/h11-15,22-26,28-31,33-34H,10,16-21H2,1-9H3,(H,41,50)(H,42,47)(H,43,48)(H,44,49)(H,51,52)(H,53,54)/t23-,24+,25+,26+,28+,29-,30+,31+,33+,34-/m1/s1.